The number of carbonyl (C=O) groups excluding carboxylic acids is 1. The van der Waals surface area contributed by atoms with Crippen molar-refractivity contribution in [2.45, 2.75) is 6.42 Å². The number of rotatable bonds is 6. The molecule has 1 fully saturated rings. The first-order valence-electron chi connectivity index (χ1n) is 8.23. The molecule has 0 aliphatic carbocycles. The van der Waals surface area contributed by atoms with Crippen molar-refractivity contribution in [2.75, 3.05) is 38.2 Å². The molecule has 0 atom stereocenters. The Bertz CT molecular complexity index is 637. The van der Waals surface area contributed by atoms with E-state index in [2.05, 4.69) is 5.32 Å². The van der Waals surface area contributed by atoms with Crippen molar-refractivity contribution in [3.8, 4) is 11.5 Å². The lowest BCUT2D eigenvalue weighted by Crippen LogP contribution is -2.41. The minimum atomic E-state index is 0.176. The number of nitrogens with one attached hydrogen (secondary N) is 1. The summed E-state index contributed by atoms with van der Waals surface area (Å²) in [4.78, 5) is 13.9. The lowest BCUT2D eigenvalue weighted by Gasteiger charge is -2.26. The summed E-state index contributed by atoms with van der Waals surface area (Å²) in [5, 5.41) is 3.27. The second-order valence-corrected chi connectivity index (χ2v) is 5.61. The van der Waals surface area contributed by atoms with Crippen LogP contribution in [0.2, 0.25) is 0 Å². The average molecular weight is 326 g/mol. The van der Waals surface area contributed by atoms with Crippen LogP contribution in [-0.4, -0.2) is 43.7 Å². The summed E-state index contributed by atoms with van der Waals surface area (Å²) in [6.07, 6.45) is 0.488. The van der Waals surface area contributed by atoms with Crippen LogP contribution in [0, 0.1) is 0 Å². The van der Waals surface area contributed by atoms with Crippen molar-refractivity contribution in [1.82, 2.24) is 4.90 Å². The third-order valence-corrected chi connectivity index (χ3v) is 3.87. The monoisotopic (exact) mass is 326 g/mol. The first kappa shape index (κ1) is 16.3. The molecule has 5 heteroatoms. The Morgan fingerprint density at radius 3 is 2.38 bits per heavy atom. The predicted molar refractivity (Wildman–Crippen MR) is 93.5 cm³/mol. The molecule has 0 aromatic heterocycles. The molecule has 1 amide bonds. The fraction of sp³-hybridized carbons (Fsp3) is 0.316. The van der Waals surface area contributed by atoms with Crippen molar-refractivity contribution in [1.29, 1.82) is 0 Å². The molecule has 5 nitrogen and oxygen atoms in total. The zero-order valence-electron chi connectivity index (χ0n) is 13.6. The number of amides is 1. The van der Waals surface area contributed by atoms with E-state index in [0.29, 0.717) is 39.3 Å². The van der Waals surface area contributed by atoms with Gasteiger partial charge < -0.3 is 19.7 Å². The molecule has 0 bridgehead atoms. The van der Waals surface area contributed by atoms with Crippen LogP contribution in [0.15, 0.2) is 54.6 Å². The number of hydrogen-bond donors (Lipinski definition) is 1. The van der Waals surface area contributed by atoms with E-state index in [9.17, 15) is 4.79 Å². The Kier molecular flexibility index (Phi) is 5.69. The molecule has 0 saturated carbocycles. The standard InChI is InChI=1S/C19H22N2O3/c22-19(21-12-14-23-15-13-21)10-11-20-16-6-8-18(9-7-16)24-17-4-2-1-3-5-17/h1-9,20H,10-15H2. The Balaban J connectivity index is 1.43. The summed E-state index contributed by atoms with van der Waals surface area (Å²) in [6.45, 7) is 3.30. The van der Waals surface area contributed by atoms with E-state index in [-0.39, 0.29) is 5.91 Å². The highest BCUT2D eigenvalue weighted by atomic mass is 16.5. The van der Waals surface area contributed by atoms with Crippen LogP contribution in [0.1, 0.15) is 6.42 Å². The van der Waals surface area contributed by atoms with E-state index in [4.69, 9.17) is 9.47 Å². The normalized spacial score (nSPS) is 14.2. The molecule has 3 rings (SSSR count). The van der Waals surface area contributed by atoms with E-state index in [0.717, 1.165) is 17.2 Å². The number of ether oxygens (including phenoxy) is 2. The van der Waals surface area contributed by atoms with Crippen molar-refractivity contribution in [3.05, 3.63) is 54.6 Å². The van der Waals surface area contributed by atoms with Crippen molar-refractivity contribution >= 4 is 11.6 Å². The summed E-state index contributed by atoms with van der Waals surface area (Å²) in [5.74, 6) is 1.78. The van der Waals surface area contributed by atoms with Gasteiger partial charge in [-0.05, 0) is 36.4 Å². The highest BCUT2D eigenvalue weighted by Gasteiger charge is 2.15. The minimum absolute atomic E-state index is 0.176. The number of nitrogens with zero attached hydrogens (tertiary/aromatic N) is 1. The smallest absolute Gasteiger partial charge is 0.224 e. The van der Waals surface area contributed by atoms with E-state index < -0.39 is 0 Å². The van der Waals surface area contributed by atoms with Gasteiger partial charge in [-0.1, -0.05) is 18.2 Å². The molecule has 1 heterocycles. The maximum atomic E-state index is 12.1. The summed E-state index contributed by atoms with van der Waals surface area (Å²) in [7, 11) is 0. The summed E-state index contributed by atoms with van der Waals surface area (Å²) >= 11 is 0. The number of para-hydroxylation sites is 1. The Morgan fingerprint density at radius 1 is 1.00 bits per heavy atom. The largest absolute Gasteiger partial charge is 0.457 e. The predicted octanol–water partition coefficient (Wildman–Crippen LogP) is 3.14. The maximum absolute atomic E-state index is 12.1. The number of carbonyl (C=O) groups is 1. The van der Waals surface area contributed by atoms with Gasteiger partial charge in [0, 0.05) is 31.7 Å². The van der Waals surface area contributed by atoms with Crippen LogP contribution in [0.3, 0.4) is 0 Å². The number of anilines is 1. The Morgan fingerprint density at radius 2 is 1.67 bits per heavy atom. The van der Waals surface area contributed by atoms with Gasteiger partial charge in [0.05, 0.1) is 13.2 Å². The second-order valence-electron chi connectivity index (χ2n) is 5.61. The fourth-order valence-electron chi connectivity index (χ4n) is 2.55. The van der Waals surface area contributed by atoms with Crippen molar-refractivity contribution in [2.24, 2.45) is 0 Å². The van der Waals surface area contributed by atoms with Crippen LogP contribution in [0.4, 0.5) is 5.69 Å². The topological polar surface area (TPSA) is 50.8 Å². The lowest BCUT2D eigenvalue weighted by molar-refractivity contribution is -0.134. The highest BCUT2D eigenvalue weighted by molar-refractivity contribution is 5.76. The lowest BCUT2D eigenvalue weighted by atomic mass is 10.2. The molecule has 2 aromatic carbocycles. The first-order valence-corrected chi connectivity index (χ1v) is 8.23. The molecular weight excluding hydrogens is 304 g/mol. The third-order valence-electron chi connectivity index (χ3n) is 3.87. The van der Waals surface area contributed by atoms with Gasteiger partial charge in [-0.3, -0.25) is 4.79 Å². The van der Waals surface area contributed by atoms with Gasteiger partial charge in [0.15, 0.2) is 0 Å². The molecule has 2 aromatic rings. The van der Waals surface area contributed by atoms with Gasteiger partial charge in [0.2, 0.25) is 5.91 Å². The molecule has 0 radical (unpaired) electrons. The van der Waals surface area contributed by atoms with Gasteiger partial charge in [-0.2, -0.15) is 0 Å². The molecular formula is C19H22N2O3. The molecule has 1 saturated heterocycles. The summed E-state index contributed by atoms with van der Waals surface area (Å²) in [6, 6.07) is 17.4. The van der Waals surface area contributed by atoms with Gasteiger partial charge in [0.25, 0.3) is 0 Å². The maximum Gasteiger partial charge on any atom is 0.224 e. The van der Waals surface area contributed by atoms with Gasteiger partial charge >= 0.3 is 0 Å². The zero-order chi connectivity index (χ0) is 16.6. The van der Waals surface area contributed by atoms with Gasteiger partial charge in [-0.25, -0.2) is 0 Å². The molecule has 126 valence electrons. The molecule has 1 aliphatic heterocycles. The summed E-state index contributed by atoms with van der Waals surface area (Å²) < 4.78 is 11.0. The molecule has 24 heavy (non-hydrogen) atoms. The Labute approximate surface area is 142 Å². The Hall–Kier alpha value is -2.53. The van der Waals surface area contributed by atoms with Gasteiger partial charge in [0.1, 0.15) is 11.5 Å². The first-order chi connectivity index (χ1) is 11.8. The molecule has 0 spiro atoms. The molecule has 0 unspecified atom stereocenters. The van der Waals surface area contributed by atoms with Crippen LogP contribution >= 0.6 is 0 Å². The van der Waals surface area contributed by atoms with Crippen LogP contribution in [-0.2, 0) is 9.53 Å². The van der Waals surface area contributed by atoms with Crippen molar-refractivity contribution in [3.63, 3.8) is 0 Å². The number of hydrogen-bond acceptors (Lipinski definition) is 4. The summed E-state index contributed by atoms with van der Waals surface area (Å²) in [5.41, 5.74) is 0.977. The van der Waals surface area contributed by atoms with E-state index in [1.807, 2.05) is 59.5 Å². The average Bonchev–Trinajstić information content (AvgIpc) is 2.65. The number of morpholine rings is 1. The highest BCUT2D eigenvalue weighted by Crippen LogP contribution is 2.22. The molecule has 1 aliphatic rings. The molecule has 1 N–H and O–H groups in total. The zero-order valence-corrected chi connectivity index (χ0v) is 13.6. The second kappa shape index (κ2) is 8.36. The van der Waals surface area contributed by atoms with Gasteiger partial charge in [-0.15, -0.1) is 0 Å². The van der Waals surface area contributed by atoms with Crippen molar-refractivity contribution < 1.29 is 14.3 Å². The SMILES string of the molecule is O=C(CCNc1ccc(Oc2ccccc2)cc1)N1CCOCC1. The quantitative estimate of drug-likeness (QED) is 0.886. The van der Waals surface area contributed by atoms with E-state index in [1.165, 1.54) is 0 Å². The van der Waals surface area contributed by atoms with Crippen LogP contribution in [0.25, 0.3) is 0 Å². The van der Waals surface area contributed by atoms with E-state index >= 15 is 0 Å². The fourth-order valence-corrected chi connectivity index (χ4v) is 2.55. The third kappa shape index (κ3) is 4.73. The van der Waals surface area contributed by atoms with Crippen LogP contribution < -0.4 is 10.1 Å². The van der Waals surface area contributed by atoms with E-state index in [1.54, 1.807) is 0 Å². The van der Waals surface area contributed by atoms with Crippen LogP contribution in [0.5, 0.6) is 11.5 Å². The minimum Gasteiger partial charge on any atom is -0.457 e. The number of benzene rings is 2.